The van der Waals surface area contributed by atoms with Crippen LogP contribution in [0.15, 0.2) is 38.4 Å². The van der Waals surface area contributed by atoms with Gasteiger partial charge in [0.25, 0.3) is 5.79 Å². The third-order valence-corrected chi connectivity index (χ3v) is 5.78. The second kappa shape index (κ2) is 7.45. The maximum Gasteiger partial charge on any atom is 0.323 e. The Labute approximate surface area is 175 Å². The van der Waals surface area contributed by atoms with E-state index in [9.17, 15) is 22.8 Å². The quantitative estimate of drug-likeness (QED) is 0.345. The van der Waals surface area contributed by atoms with E-state index in [0.29, 0.717) is 4.47 Å². The highest BCUT2D eigenvalue weighted by Crippen LogP contribution is 2.27. The summed E-state index contributed by atoms with van der Waals surface area (Å²) in [6.07, 6.45) is 2.23. The Morgan fingerprint density at radius 3 is 2.34 bits per heavy atom. The number of carbonyl (C=O) groups excluding carboxylic acids is 3. The van der Waals surface area contributed by atoms with Crippen molar-refractivity contribution in [3.05, 3.63) is 40.4 Å². The summed E-state index contributed by atoms with van der Waals surface area (Å²) in [5, 5.41) is -0.121. The van der Waals surface area contributed by atoms with Crippen molar-refractivity contribution >= 4 is 43.5 Å². The van der Waals surface area contributed by atoms with Crippen molar-refractivity contribution < 1.29 is 36.7 Å². The number of hydrogen-bond donors (Lipinski definition) is 0. The molecule has 0 bridgehead atoms. The van der Waals surface area contributed by atoms with Crippen molar-refractivity contribution in [1.29, 1.82) is 0 Å². The molecule has 156 valence electrons. The molecule has 2 aromatic rings. The van der Waals surface area contributed by atoms with Crippen molar-refractivity contribution in [2.75, 3.05) is 6.26 Å². The highest BCUT2D eigenvalue weighted by atomic mass is 79.9. The fourth-order valence-electron chi connectivity index (χ4n) is 3.00. The maximum absolute atomic E-state index is 12.8. The molecule has 2 aromatic heterocycles. The molecule has 0 unspecified atom stereocenters. The molecule has 3 rings (SSSR count). The molecule has 0 N–H and O–H groups in total. The first-order valence-electron chi connectivity index (χ1n) is 8.53. The summed E-state index contributed by atoms with van der Waals surface area (Å²) < 4.78 is 41.4. The second-order valence-corrected chi connectivity index (χ2v) is 9.90. The van der Waals surface area contributed by atoms with Gasteiger partial charge in [0, 0.05) is 32.7 Å². The average Bonchev–Trinajstić information content (AvgIpc) is 3.18. The first kappa shape index (κ1) is 21.3. The Bertz CT molecular complexity index is 1080. The minimum Gasteiger partial charge on any atom is -0.460 e. The molecule has 0 spiro atoms. The number of cyclic esters (lactones) is 2. The van der Waals surface area contributed by atoms with Gasteiger partial charge in [-0.05, 0) is 34.5 Å². The highest BCUT2D eigenvalue weighted by molar-refractivity contribution is 9.10. The van der Waals surface area contributed by atoms with E-state index >= 15 is 0 Å². The zero-order valence-electron chi connectivity index (χ0n) is 15.8. The van der Waals surface area contributed by atoms with Crippen molar-refractivity contribution in [1.82, 2.24) is 4.57 Å². The van der Waals surface area contributed by atoms with Gasteiger partial charge in [-0.25, -0.2) is 8.42 Å². The maximum atomic E-state index is 12.8. The van der Waals surface area contributed by atoms with E-state index in [2.05, 4.69) is 15.9 Å². The number of ether oxygens (including phenoxy) is 2. The van der Waals surface area contributed by atoms with E-state index in [1.165, 1.54) is 42.9 Å². The minimum atomic E-state index is -3.68. The standard InChI is InChI=1S/C18H18BrNO8S/c1-18(2)27-16(22)11(17(23)28-18)6-7-20-12(4-5-14(20)29(3,24)25)15(21)13-8-10(19)9-26-13/h4-5,8-9,11H,6-7H2,1-3H3. The summed E-state index contributed by atoms with van der Waals surface area (Å²) in [5.41, 5.74) is 0.0464. The molecule has 1 aliphatic rings. The van der Waals surface area contributed by atoms with Gasteiger partial charge in [0.2, 0.25) is 5.78 Å². The Kier molecular flexibility index (Phi) is 5.48. The van der Waals surface area contributed by atoms with E-state index in [1.54, 1.807) is 0 Å². The van der Waals surface area contributed by atoms with Gasteiger partial charge in [0.1, 0.15) is 11.3 Å². The van der Waals surface area contributed by atoms with Crippen LogP contribution in [-0.4, -0.2) is 42.7 Å². The topological polar surface area (TPSA) is 122 Å². The number of rotatable bonds is 6. The fraction of sp³-hybridized carbons (Fsp3) is 0.389. The molecule has 3 heterocycles. The van der Waals surface area contributed by atoms with Gasteiger partial charge in [-0.2, -0.15) is 0 Å². The highest BCUT2D eigenvalue weighted by Gasteiger charge is 2.43. The fourth-order valence-corrected chi connectivity index (χ4v) is 4.20. The zero-order valence-corrected chi connectivity index (χ0v) is 18.2. The van der Waals surface area contributed by atoms with E-state index in [4.69, 9.17) is 13.9 Å². The first-order chi connectivity index (χ1) is 13.4. The normalized spacial score (nSPS) is 17.1. The predicted octanol–water partition coefficient (Wildman–Crippen LogP) is 2.32. The second-order valence-electron chi connectivity index (χ2n) is 7.02. The molecule has 0 radical (unpaired) electrons. The number of furan rings is 1. The van der Waals surface area contributed by atoms with Crippen LogP contribution >= 0.6 is 15.9 Å². The molecule has 29 heavy (non-hydrogen) atoms. The van der Waals surface area contributed by atoms with Crippen molar-refractivity contribution in [2.24, 2.45) is 5.92 Å². The summed E-state index contributed by atoms with van der Waals surface area (Å²) in [5.74, 6) is -4.64. The van der Waals surface area contributed by atoms with Crippen LogP contribution in [0.1, 0.15) is 36.5 Å². The molecule has 1 fully saturated rings. The number of carbonyl (C=O) groups is 3. The molecule has 0 amide bonds. The van der Waals surface area contributed by atoms with Crippen molar-refractivity contribution in [3.63, 3.8) is 0 Å². The average molecular weight is 488 g/mol. The molecule has 0 saturated carbocycles. The molecule has 1 saturated heterocycles. The van der Waals surface area contributed by atoms with E-state index in [1.807, 2.05) is 0 Å². The van der Waals surface area contributed by atoms with Crippen LogP contribution in [0.2, 0.25) is 0 Å². The Hall–Kier alpha value is -2.40. The molecule has 11 heteroatoms. The molecule has 1 aliphatic heterocycles. The van der Waals surface area contributed by atoms with Gasteiger partial charge >= 0.3 is 11.9 Å². The zero-order chi connectivity index (χ0) is 21.6. The van der Waals surface area contributed by atoms with Gasteiger partial charge in [-0.15, -0.1) is 0 Å². The molecular formula is C18H18BrNO8S. The Morgan fingerprint density at radius 2 is 1.83 bits per heavy atom. The lowest BCUT2D eigenvalue weighted by atomic mass is 10.0. The van der Waals surface area contributed by atoms with Crippen molar-refractivity contribution in [3.8, 4) is 0 Å². The van der Waals surface area contributed by atoms with Gasteiger partial charge in [-0.3, -0.25) is 14.4 Å². The lowest BCUT2D eigenvalue weighted by Crippen LogP contribution is -2.46. The summed E-state index contributed by atoms with van der Waals surface area (Å²) in [4.78, 5) is 37.1. The first-order valence-corrected chi connectivity index (χ1v) is 11.2. The third-order valence-electron chi connectivity index (χ3n) is 4.25. The molecule has 9 nitrogen and oxygen atoms in total. The van der Waals surface area contributed by atoms with Gasteiger partial charge < -0.3 is 18.5 Å². The number of halogens is 1. The number of esters is 2. The number of nitrogens with zero attached hydrogens (tertiary/aromatic N) is 1. The van der Waals surface area contributed by atoms with Gasteiger partial charge in [0.05, 0.1) is 10.2 Å². The van der Waals surface area contributed by atoms with E-state index in [0.717, 1.165) is 6.26 Å². The minimum absolute atomic E-state index is 0.00881. The van der Waals surface area contributed by atoms with Crippen molar-refractivity contribution in [2.45, 2.75) is 37.6 Å². The van der Waals surface area contributed by atoms with Gasteiger partial charge in [-0.1, -0.05) is 0 Å². The summed E-state index contributed by atoms with van der Waals surface area (Å²) in [6, 6.07) is 4.11. The van der Waals surface area contributed by atoms with Crippen LogP contribution in [-0.2, 0) is 35.4 Å². The van der Waals surface area contributed by atoms with Crippen LogP contribution < -0.4 is 0 Å². The summed E-state index contributed by atoms with van der Waals surface area (Å²) in [6.45, 7) is 2.77. The van der Waals surface area contributed by atoms with Crippen LogP contribution in [0.3, 0.4) is 0 Å². The Balaban J connectivity index is 1.91. The monoisotopic (exact) mass is 487 g/mol. The van der Waals surface area contributed by atoms with Gasteiger partial charge in [0.15, 0.2) is 21.5 Å². The summed E-state index contributed by atoms with van der Waals surface area (Å²) in [7, 11) is -3.68. The molecule has 0 aromatic carbocycles. The summed E-state index contributed by atoms with van der Waals surface area (Å²) >= 11 is 3.18. The number of aromatic nitrogens is 1. The Morgan fingerprint density at radius 1 is 1.21 bits per heavy atom. The van der Waals surface area contributed by atoms with E-state index in [-0.39, 0.29) is 29.4 Å². The number of ketones is 1. The SMILES string of the molecule is CC1(C)OC(=O)C(CCn2c(C(=O)c3cc(Br)co3)ccc2S(C)(=O)=O)C(=O)O1. The molecular weight excluding hydrogens is 470 g/mol. The number of hydrogen-bond acceptors (Lipinski definition) is 8. The van der Waals surface area contributed by atoms with Crippen LogP contribution in [0.25, 0.3) is 0 Å². The van der Waals surface area contributed by atoms with E-state index < -0.39 is 39.3 Å². The predicted molar refractivity (Wildman–Crippen MR) is 102 cm³/mol. The molecule has 0 atom stereocenters. The lowest BCUT2D eigenvalue weighted by molar-refractivity contribution is -0.240. The third kappa shape index (κ3) is 4.45. The smallest absolute Gasteiger partial charge is 0.323 e. The largest absolute Gasteiger partial charge is 0.460 e. The van der Waals surface area contributed by atoms with Crippen LogP contribution in [0.5, 0.6) is 0 Å². The number of sulfone groups is 1. The lowest BCUT2D eigenvalue weighted by Gasteiger charge is -2.33. The molecule has 0 aliphatic carbocycles. The van der Waals surface area contributed by atoms with Crippen LogP contribution in [0.4, 0.5) is 0 Å². The van der Waals surface area contributed by atoms with Crippen LogP contribution in [0, 0.1) is 5.92 Å².